The fourth-order valence-corrected chi connectivity index (χ4v) is 2.57. The van der Waals surface area contributed by atoms with Gasteiger partial charge in [-0.2, -0.15) is 4.98 Å². The standard InChI is InChI=1S/C13H9ClN2OS/c14-10-4-1-3-9(7-10)8-18-13-16-12-11(17-13)5-2-6-15-12/h1-7H,8H2. The second kappa shape index (κ2) is 5.00. The van der Waals surface area contributed by atoms with Gasteiger partial charge in [0, 0.05) is 17.0 Å². The molecule has 0 amide bonds. The second-order valence-electron chi connectivity index (χ2n) is 3.72. The van der Waals surface area contributed by atoms with E-state index in [0.717, 1.165) is 16.3 Å². The van der Waals surface area contributed by atoms with Crippen molar-refractivity contribution in [3.05, 3.63) is 53.2 Å². The predicted molar refractivity (Wildman–Crippen MR) is 72.8 cm³/mol. The van der Waals surface area contributed by atoms with Crippen LogP contribution in [0, 0.1) is 0 Å². The summed E-state index contributed by atoms with van der Waals surface area (Å²) in [5.41, 5.74) is 2.50. The SMILES string of the molecule is Clc1cccc(CSc2nc3ncccc3o2)c1. The van der Waals surface area contributed by atoms with Gasteiger partial charge in [0.2, 0.25) is 0 Å². The van der Waals surface area contributed by atoms with Crippen LogP contribution in [-0.4, -0.2) is 9.97 Å². The highest BCUT2D eigenvalue weighted by molar-refractivity contribution is 7.98. The van der Waals surface area contributed by atoms with Crippen molar-refractivity contribution >= 4 is 34.6 Å². The van der Waals surface area contributed by atoms with Gasteiger partial charge in [0.05, 0.1) is 0 Å². The monoisotopic (exact) mass is 276 g/mol. The van der Waals surface area contributed by atoms with E-state index in [4.69, 9.17) is 16.0 Å². The molecule has 90 valence electrons. The molecule has 0 atom stereocenters. The van der Waals surface area contributed by atoms with Crippen LogP contribution in [0.15, 0.2) is 52.2 Å². The minimum atomic E-state index is 0.628. The van der Waals surface area contributed by atoms with Crippen molar-refractivity contribution in [3.8, 4) is 0 Å². The topological polar surface area (TPSA) is 38.9 Å². The summed E-state index contributed by atoms with van der Waals surface area (Å²) < 4.78 is 5.58. The minimum absolute atomic E-state index is 0.628. The molecule has 0 radical (unpaired) electrons. The van der Waals surface area contributed by atoms with Crippen LogP contribution in [0.4, 0.5) is 0 Å². The third-order valence-electron chi connectivity index (χ3n) is 2.40. The van der Waals surface area contributed by atoms with Crippen LogP contribution in [0.25, 0.3) is 11.2 Å². The Balaban J connectivity index is 1.76. The van der Waals surface area contributed by atoms with Crippen molar-refractivity contribution in [2.45, 2.75) is 11.0 Å². The van der Waals surface area contributed by atoms with Gasteiger partial charge >= 0.3 is 0 Å². The molecule has 1 aromatic carbocycles. The first-order valence-corrected chi connectivity index (χ1v) is 6.76. The summed E-state index contributed by atoms with van der Waals surface area (Å²) in [7, 11) is 0. The van der Waals surface area contributed by atoms with E-state index in [9.17, 15) is 0 Å². The molecule has 0 aliphatic heterocycles. The second-order valence-corrected chi connectivity index (χ2v) is 5.09. The van der Waals surface area contributed by atoms with E-state index >= 15 is 0 Å². The van der Waals surface area contributed by atoms with Crippen molar-refractivity contribution in [1.82, 2.24) is 9.97 Å². The molecule has 0 unspecified atom stereocenters. The predicted octanol–water partition coefficient (Wildman–Crippen LogP) is 4.17. The zero-order valence-corrected chi connectivity index (χ0v) is 10.9. The summed E-state index contributed by atoms with van der Waals surface area (Å²) in [5, 5.41) is 1.37. The number of rotatable bonds is 3. The van der Waals surface area contributed by atoms with Crippen LogP contribution in [0.3, 0.4) is 0 Å². The number of nitrogens with zero attached hydrogens (tertiary/aromatic N) is 2. The molecule has 5 heteroatoms. The molecule has 2 heterocycles. The average molecular weight is 277 g/mol. The van der Waals surface area contributed by atoms with E-state index < -0.39 is 0 Å². The maximum absolute atomic E-state index is 5.93. The normalized spacial score (nSPS) is 10.9. The molecule has 0 spiro atoms. The van der Waals surface area contributed by atoms with E-state index in [1.807, 2.05) is 36.4 Å². The third-order valence-corrected chi connectivity index (χ3v) is 3.53. The van der Waals surface area contributed by atoms with Crippen molar-refractivity contribution in [2.75, 3.05) is 0 Å². The fraction of sp³-hybridized carbons (Fsp3) is 0.0769. The van der Waals surface area contributed by atoms with Crippen LogP contribution in [0.5, 0.6) is 0 Å². The number of thioether (sulfide) groups is 1. The average Bonchev–Trinajstić information content (AvgIpc) is 2.79. The number of hydrogen-bond donors (Lipinski definition) is 0. The van der Waals surface area contributed by atoms with Crippen molar-refractivity contribution in [3.63, 3.8) is 0 Å². The molecule has 0 aliphatic rings. The first-order valence-electron chi connectivity index (χ1n) is 5.40. The highest BCUT2D eigenvalue weighted by Gasteiger charge is 2.06. The molecule has 18 heavy (non-hydrogen) atoms. The molecule has 3 aromatic rings. The van der Waals surface area contributed by atoms with Gasteiger partial charge in [-0.05, 0) is 29.8 Å². The Morgan fingerprint density at radius 3 is 3.00 bits per heavy atom. The molecule has 3 rings (SSSR count). The van der Waals surface area contributed by atoms with Crippen LogP contribution in [-0.2, 0) is 5.75 Å². The Hall–Kier alpha value is -1.52. The lowest BCUT2D eigenvalue weighted by molar-refractivity contribution is 0.489. The summed E-state index contributed by atoms with van der Waals surface area (Å²) in [6.07, 6.45) is 1.70. The van der Waals surface area contributed by atoms with Gasteiger partial charge in [-0.1, -0.05) is 35.5 Å². The lowest BCUT2D eigenvalue weighted by Gasteiger charge is -1.98. The molecule has 0 bridgehead atoms. The lowest BCUT2D eigenvalue weighted by atomic mass is 10.2. The maximum atomic E-state index is 5.93. The molecule has 0 N–H and O–H groups in total. The van der Waals surface area contributed by atoms with Gasteiger partial charge in [-0.3, -0.25) is 0 Å². The number of aromatic nitrogens is 2. The molecule has 0 fully saturated rings. The molecule has 0 saturated carbocycles. The third kappa shape index (κ3) is 2.49. The van der Waals surface area contributed by atoms with E-state index in [1.54, 1.807) is 6.20 Å². The quantitative estimate of drug-likeness (QED) is 0.673. The zero-order chi connectivity index (χ0) is 12.4. The number of pyridine rings is 1. The summed E-state index contributed by atoms with van der Waals surface area (Å²) in [6.45, 7) is 0. The highest BCUT2D eigenvalue weighted by Crippen LogP contribution is 2.25. The van der Waals surface area contributed by atoms with Gasteiger partial charge in [-0.15, -0.1) is 0 Å². The summed E-state index contributed by atoms with van der Waals surface area (Å²) in [4.78, 5) is 8.43. The number of halogens is 1. The van der Waals surface area contributed by atoms with Crippen molar-refractivity contribution in [1.29, 1.82) is 0 Å². The highest BCUT2D eigenvalue weighted by atomic mass is 35.5. The number of benzene rings is 1. The van der Waals surface area contributed by atoms with Gasteiger partial charge in [0.25, 0.3) is 5.22 Å². The Labute approximate surface area is 113 Å². The Morgan fingerprint density at radius 1 is 1.22 bits per heavy atom. The fourth-order valence-electron chi connectivity index (χ4n) is 1.58. The van der Waals surface area contributed by atoms with Crippen LogP contribution in [0.1, 0.15) is 5.56 Å². The molecule has 2 aromatic heterocycles. The first-order chi connectivity index (χ1) is 8.81. The molecule has 0 saturated heterocycles. The molecular weight excluding hydrogens is 268 g/mol. The number of fused-ring (bicyclic) bond motifs is 1. The summed E-state index contributed by atoms with van der Waals surface area (Å²) in [5.74, 6) is 0.771. The van der Waals surface area contributed by atoms with E-state index in [1.165, 1.54) is 11.8 Å². The van der Waals surface area contributed by atoms with E-state index in [0.29, 0.717) is 16.5 Å². The molecular formula is C13H9ClN2OS. The summed E-state index contributed by atoms with van der Waals surface area (Å²) >= 11 is 7.46. The van der Waals surface area contributed by atoms with Crippen molar-refractivity contribution < 1.29 is 4.42 Å². The lowest BCUT2D eigenvalue weighted by Crippen LogP contribution is -1.80. The molecule has 3 nitrogen and oxygen atoms in total. The Morgan fingerprint density at radius 2 is 2.17 bits per heavy atom. The number of hydrogen-bond acceptors (Lipinski definition) is 4. The Kier molecular flexibility index (Phi) is 3.21. The van der Waals surface area contributed by atoms with E-state index in [2.05, 4.69) is 9.97 Å². The maximum Gasteiger partial charge on any atom is 0.258 e. The first kappa shape index (κ1) is 11.6. The minimum Gasteiger partial charge on any atom is -0.430 e. The van der Waals surface area contributed by atoms with Gasteiger partial charge in [-0.25, -0.2) is 4.98 Å². The largest absolute Gasteiger partial charge is 0.430 e. The van der Waals surface area contributed by atoms with Gasteiger partial charge in [0.15, 0.2) is 11.2 Å². The van der Waals surface area contributed by atoms with E-state index in [-0.39, 0.29) is 0 Å². The molecule has 0 aliphatic carbocycles. The number of oxazole rings is 1. The van der Waals surface area contributed by atoms with Gasteiger partial charge in [0.1, 0.15) is 0 Å². The zero-order valence-electron chi connectivity index (χ0n) is 9.34. The summed E-state index contributed by atoms with van der Waals surface area (Å²) in [6, 6.07) is 11.5. The smallest absolute Gasteiger partial charge is 0.258 e. The van der Waals surface area contributed by atoms with Crippen molar-refractivity contribution in [2.24, 2.45) is 0 Å². The van der Waals surface area contributed by atoms with Crippen LogP contribution >= 0.6 is 23.4 Å². The Bertz CT molecular complexity index is 650. The van der Waals surface area contributed by atoms with Crippen LogP contribution in [0.2, 0.25) is 5.02 Å². The van der Waals surface area contributed by atoms with Crippen LogP contribution < -0.4 is 0 Å². The van der Waals surface area contributed by atoms with Gasteiger partial charge < -0.3 is 4.42 Å².